The number of aliphatic carboxylic acids is 1. The van der Waals surface area contributed by atoms with E-state index in [2.05, 4.69) is 0 Å². The van der Waals surface area contributed by atoms with Crippen LogP contribution in [0.15, 0.2) is 6.07 Å². The molecule has 1 atom stereocenters. The van der Waals surface area contributed by atoms with Crippen molar-refractivity contribution in [3.8, 4) is 11.5 Å². The third-order valence-corrected chi connectivity index (χ3v) is 2.71. The van der Waals surface area contributed by atoms with Gasteiger partial charge in [-0.15, -0.1) is 0 Å². The second-order valence-corrected chi connectivity index (χ2v) is 3.71. The van der Waals surface area contributed by atoms with Gasteiger partial charge in [-0.05, 0) is 31.0 Å². The Kier molecular flexibility index (Phi) is 2.47. The molecule has 1 aliphatic rings. The summed E-state index contributed by atoms with van der Waals surface area (Å²) in [4.78, 5) is 10.7. The number of hydrogen-bond donors (Lipinski definition) is 2. The molecule has 1 unspecified atom stereocenters. The van der Waals surface area contributed by atoms with E-state index in [0.29, 0.717) is 11.5 Å². The van der Waals surface area contributed by atoms with E-state index in [0.717, 1.165) is 11.1 Å². The Hall–Kier alpha value is -1.75. The second kappa shape index (κ2) is 3.68. The molecule has 0 aromatic heterocycles. The Morgan fingerprint density at radius 3 is 2.62 bits per heavy atom. The van der Waals surface area contributed by atoms with Crippen LogP contribution in [0.2, 0.25) is 0 Å². The first kappa shape index (κ1) is 10.8. The molecule has 0 aliphatic carbocycles. The lowest BCUT2D eigenvalue weighted by Gasteiger charge is -2.12. The first-order valence-electron chi connectivity index (χ1n) is 4.83. The zero-order valence-electron chi connectivity index (χ0n) is 8.98. The van der Waals surface area contributed by atoms with E-state index >= 15 is 0 Å². The fourth-order valence-corrected chi connectivity index (χ4v) is 1.69. The molecular weight excluding hydrogens is 212 g/mol. The van der Waals surface area contributed by atoms with Crippen LogP contribution >= 0.6 is 0 Å². The average molecular weight is 224 g/mol. The number of carboxylic acids is 1. The molecule has 2 N–H and O–H groups in total. The molecule has 0 saturated heterocycles. The molecule has 16 heavy (non-hydrogen) atoms. The lowest BCUT2D eigenvalue weighted by Crippen LogP contribution is -2.11. The first-order chi connectivity index (χ1) is 7.52. The van der Waals surface area contributed by atoms with Crippen LogP contribution in [0, 0.1) is 13.8 Å². The number of aryl methyl sites for hydroxylation is 1. The summed E-state index contributed by atoms with van der Waals surface area (Å²) in [5.41, 5.74) is 2.00. The molecule has 1 aromatic rings. The molecule has 86 valence electrons. The monoisotopic (exact) mass is 224 g/mol. The predicted molar refractivity (Wildman–Crippen MR) is 54.6 cm³/mol. The topological polar surface area (TPSA) is 76.0 Å². The zero-order chi connectivity index (χ0) is 11.9. The van der Waals surface area contributed by atoms with Crippen LogP contribution in [0.4, 0.5) is 0 Å². The molecule has 0 fully saturated rings. The summed E-state index contributed by atoms with van der Waals surface area (Å²) in [5.74, 6) is -0.450. The molecule has 1 aromatic carbocycles. The minimum Gasteiger partial charge on any atom is -0.479 e. The number of carboxylic acid groups (broad SMARTS) is 1. The average Bonchev–Trinajstić information content (AvgIpc) is 2.71. The van der Waals surface area contributed by atoms with Crippen LogP contribution in [-0.4, -0.2) is 23.0 Å². The molecule has 5 heteroatoms. The minimum absolute atomic E-state index is 0.0545. The van der Waals surface area contributed by atoms with Crippen molar-refractivity contribution in [3.63, 3.8) is 0 Å². The molecule has 5 nitrogen and oxygen atoms in total. The number of benzene rings is 1. The van der Waals surface area contributed by atoms with Crippen molar-refractivity contribution in [1.29, 1.82) is 0 Å². The quantitative estimate of drug-likeness (QED) is 0.788. The highest BCUT2D eigenvalue weighted by atomic mass is 16.7. The van der Waals surface area contributed by atoms with Crippen molar-refractivity contribution in [2.45, 2.75) is 20.0 Å². The Morgan fingerprint density at radius 2 is 2.00 bits per heavy atom. The first-order valence-corrected chi connectivity index (χ1v) is 4.83. The Morgan fingerprint density at radius 1 is 1.38 bits per heavy atom. The van der Waals surface area contributed by atoms with Gasteiger partial charge in [-0.3, -0.25) is 0 Å². The van der Waals surface area contributed by atoms with Gasteiger partial charge in [-0.1, -0.05) is 0 Å². The summed E-state index contributed by atoms with van der Waals surface area (Å²) in [7, 11) is 0. The van der Waals surface area contributed by atoms with Gasteiger partial charge in [0.15, 0.2) is 17.6 Å². The molecule has 0 bridgehead atoms. The van der Waals surface area contributed by atoms with E-state index in [1.165, 1.54) is 0 Å². The van der Waals surface area contributed by atoms with Gasteiger partial charge in [0.05, 0.1) is 0 Å². The van der Waals surface area contributed by atoms with E-state index < -0.39 is 12.1 Å². The smallest absolute Gasteiger partial charge is 0.337 e. The van der Waals surface area contributed by atoms with Gasteiger partial charge in [0.2, 0.25) is 6.79 Å². The summed E-state index contributed by atoms with van der Waals surface area (Å²) in [6, 6.07) is 1.61. The van der Waals surface area contributed by atoms with E-state index in [1.807, 2.05) is 13.8 Å². The molecular formula is C11H12O5. The van der Waals surface area contributed by atoms with Gasteiger partial charge in [0, 0.05) is 5.56 Å². The lowest BCUT2D eigenvalue weighted by molar-refractivity contribution is -0.147. The maximum Gasteiger partial charge on any atom is 0.337 e. The van der Waals surface area contributed by atoms with E-state index in [1.54, 1.807) is 6.07 Å². The fourth-order valence-electron chi connectivity index (χ4n) is 1.69. The number of rotatable bonds is 2. The number of aliphatic hydroxyl groups is 1. The fraction of sp³-hybridized carbons (Fsp3) is 0.364. The predicted octanol–water partition coefficient (Wildman–Crippen LogP) is 1.15. The molecule has 0 radical (unpaired) electrons. The van der Waals surface area contributed by atoms with Crippen molar-refractivity contribution >= 4 is 5.97 Å². The van der Waals surface area contributed by atoms with Crippen LogP contribution in [0.3, 0.4) is 0 Å². The molecule has 1 heterocycles. The zero-order valence-corrected chi connectivity index (χ0v) is 8.98. The van der Waals surface area contributed by atoms with Gasteiger partial charge in [0.25, 0.3) is 0 Å². The highest BCUT2D eigenvalue weighted by Gasteiger charge is 2.28. The van der Waals surface area contributed by atoms with Crippen molar-refractivity contribution in [2.24, 2.45) is 0 Å². The van der Waals surface area contributed by atoms with Crippen LogP contribution in [0.1, 0.15) is 22.8 Å². The number of ether oxygens (including phenoxy) is 2. The summed E-state index contributed by atoms with van der Waals surface area (Å²) >= 11 is 0. The molecule has 0 amide bonds. The number of carbonyl (C=O) groups is 1. The Labute approximate surface area is 92.2 Å². The third kappa shape index (κ3) is 1.49. The van der Waals surface area contributed by atoms with Crippen LogP contribution < -0.4 is 9.47 Å². The van der Waals surface area contributed by atoms with Crippen molar-refractivity contribution in [2.75, 3.05) is 6.79 Å². The van der Waals surface area contributed by atoms with Crippen LogP contribution in [-0.2, 0) is 4.79 Å². The van der Waals surface area contributed by atoms with Crippen LogP contribution in [0.25, 0.3) is 0 Å². The van der Waals surface area contributed by atoms with E-state index in [9.17, 15) is 9.90 Å². The van der Waals surface area contributed by atoms with Crippen molar-refractivity contribution in [1.82, 2.24) is 0 Å². The number of aliphatic hydroxyl groups excluding tert-OH is 1. The summed E-state index contributed by atoms with van der Waals surface area (Å²) in [6.07, 6.45) is -1.59. The number of fused-ring (bicyclic) bond motifs is 1. The SMILES string of the molecule is Cc1cc(C(O)C(=O)O)c2c(c1C)OCO2. The Balaban J connectivity index is 2.59. The third-order valence-electron chi connectivity index (χ3n) is 2.71. The summed E-state index contributed by atoms with van der Waals surface area (Å²) < 4.78 is 10.4. The lowest BCUT2D eigenvalue weighted by atomic mass is 10.00. The molecule has 1 aliphatic heterocycles. The van der Waals surface area contributed by atoms with E-state index in [-0.39, 0.29) is 12.4 Å². The molecule has 0 spiro atoms. The Bertz CT molecular complexity index is 452. The largest absolute Gasteiger partial charge is 0.479 e. The van der Waals surface area contributed by atoms with Gasteiger partial charge < -0.3 is 19.7 Å². The maximum atomic E-state index is 10.7. The number of hydrogen-bond acceptors (Lipinski definition) is 4. The van der Waals surface area contributed by atoms with Crippen LogP contribution in [0.5, 0.6) is 11.5 Å². The summed E-state index contributed by atoms with van der Waals surface area (Å²) in [6.45, 7) is 3.74. The highest BCUT2D eigenvalue weighted by molar-refractivity contribution is 5.76. The van der Waals surface area contributed by atoms with Gasteiger partial charge >= 0.3 is 5.97 Å². The standard InChI is InChI=1S/C11H12O5/c1-5-3-7(8(12)11(13)14)10-9(6(5)2)15-4-16-10/h3,8,12H,4H2,1-2H3,(H,13,14). The highest BCUT2D eigenvalue weighted by Crippen LogP contribution is 2.42. The van der Waals surface area contributed by atoms with Gasteiger partial charge in [-0.2, -0.15) is 0 Å². The van der Waals surface area contributed by atoms with Crippen molar-refractivity contribution in [3.05, 3.63) is 22.8 Å². The van der Waals surface area contributed by atoms with E-state index in [4.69, 9.17) is 14.6 Å². The maximum absolute atomic E-state index is 10.7. The van der Waals surface area contributed by atoms with Crippen molar-refractivity contribution < 1.29 is 24.5 Å². The minimum atomic E-state index is -1.59. The van der Waals surface area contributed by atoms with Gasteiger partial charge in [0.1, 0.15) is 0 Å². The second-order valence-electron chi connectivity index (χ2n) is 3.71. The molecule has 0 saturated carbocycles. The molecule has 2 rings (SSSR count). The normalized spacial score (nSPS) is 14.9. The summed E-state index contributed by atoms with van der Waals surface area (Å²) in [5, 5.41) is 18.3. The van der Waals surface area contributed by atoms with Gasteiger partial charge in [-0.25, -0.2) is 4.79 Å².